The summed E-state index contributed by atoms with van der Waals surface area (Å²) in [5, 5.41) is 0.734. The van der Waals surface area contributed by atoms with Gasteiger partial charge in [0.25, 0.3) is 0 Å². The van der Waals surface area contributed by atoms with Crippen LogP contribution in [0.15, 0.2) is 47.4 Å². The van der Waals surface area contributed by atoms with Crippen LogP contribution in [0.1, 0.15) is 5.56 Å². The Morgan fingerprint density at radius 2 is 1.73 bits per heavy atom. The molecule has 0 amide bonds. The highest BCUT2D eigenvalue weighted by molar-refractivity contribution is 7.89. The van der Waals surface area contributed by atoms with Crippen LogP contribution in [0.25, 0.3) is 10.2 Å². The Hall–Kier alpha value is -2.03. The zero-order valence-corrected chi connectivity index (χ0v) is 15.9. The van der Waals surface area contributed by atoms with Gasteiger partial charge in [-0.25, -0.2) is 17.8 Å². The average Bonchev–Trinajstić information content (AvgIpc) is 3.08. The zero-order valence-electron chi connectivity index (χ0n) is 14.2. The van der Waals surface area contributed by atoms with Crippen LogP contribution in [0, 0.1) is 12.7 Å². The summed E-state index contributed by atoms with van der Waals surface area (Å²) < 4.78 is 41.7. The van der Waals surface area contributed by atoms with E-state index in [0.717, 1.165) is 15.4 Å². The van der Waals surface area contributed by atoms with Gasteiger partial charge in [0.15, 0.2) is 5.13 Å². The maximum Gasteiger partial charge on any atom is 0.243 e. The number of rotatable bonds is 3. The number of fused-ring (bicyclic) bond motifs is 1. The Morgan fingerprint density at radius 3 is 2.38 bits per heavy atom. The van der Waals surface area contributed by atoms with Crippen LogP contribution >= 0.6 is 11.3 Å². The molecule has 0 bridgehead atoms. The van der Waals surface area contributed by atoms with Crippen molar-refractivity contribution in [3.8, 4) is 0 Å². The molecule has 1 fully saturated rings. The molecule has 3 aromatic rings. The Morgan fingerprint density at radius 1 is 1.04 bits per heavy atom. The molecular formula is C18H18FN3O2S2. The molecule has 0 radical (unpaired) electrons. The van der Waals surface area contributed by atoms with Crippen LogP contribution < -0.4 is 4.90 Å². The number of hydrogen-bond acceptors (Lipinski definition) is 5. The number of nitrogens with zero attached hydrogens (tertiary/aromatic N) is 3. The predicted molar refractivity (Wildman–Crippen MR) is 102 cm³/mol. The van der Waals surface area contributed by atoms with E-state index >= 15 is 0 Å². The van der Waals surface area contributed by atoms with E-state index in [4.69, 9.17) is 0 Å². The lowest BCUT2D eigenvalue weighted by Gasteiger charge is -2.33. The Kier molecular flexibility index (Phi) is 4.42. The van der Waals surface area contributed by atoms with E-state index in [2.05, 4.69) is 4.98 Å². The molecule has 136 valence electrons. The monoisotopic (exact) mass is 391 g/mol. The number of thiazole rings is 1. The van der Waals surface area contributed by atoms with Crippen molar-refractivity contribution >= 4 is 36.7 Å². The van der Waals surface area contributed by atoms with E-state index < -0.39 is 10.0 Å². The molecule has 1 aliphatic heterocycles. The lowest BCUT2D eigenvalue weighted by atomic mass is 10.2. The normalized spacial score (nSPS) is 16.3. The number of aromatic nitrogens is 1. The van der Waals surface area contributed by atoms with E-state index in [1.165, 1.54) is 21.7 Å². The van der Waals surface area contributed by atoms with Crippen molar-refractivity contribution in [2.45, 2.75) is 11.8 Å². The van der Waals surface area contributed by atoms with Crippen molar-refractivity contribution in [3.05, 3.63) is 53.8 Å². The highest BCUT2D eigenvalue weighted by atomic mass is 32.2. The SMILES string of the molecule is Cc1ccc(S(=O)(=O)N2CCN(c3nc4c(F)cccc4s3)CC2)cc1. The van der Waals surface area contributed by atoms with Crippen molar-refractivity contribution < 1.29 is 12.8 Å². The van der Waals surface area contributed by atoms with Gasteiger partial charge < -0.3 is 4.90 Å². The van der Waals surface area contributed by atoms with Crippen LogP contribution in [-0.4, -0.2) is 43.9 Å². The standard InChI is InChI=1S/C18H18FN3O2S2/c1-13-5-7-14(8-6-13)26(23,24)22-11-9-21(10-12-22)18-20-17-15(19)3-2-4-16(17)25-18/h2-8H,9-12H2,1H3. The maximum absolute atomic E-state index is 13.8. The number of aryl methyl sites for hydroxylation is 1. The highest BCUT2D eigenvalue weighted by Crippen LogP contribution is 2.31. The Bertz CT molecular complexity index is 1040. The van der Waals surface area contributed by atoms with E-state index in [0.29, 0.717) is 36.6 Å². The molecule has 8 heteroatoms. The molecule has 0 spiro atoms. The summed E-state index contributed by atoms with van der Waals surface area (Å²) in [6.45, 7) is 3.76. The van der Waals surface area contributed by atoms with Gasteiger partial charge in [-0.2, -0.15) is 4.31 Å². The fraction of sp³-hybridized carbons (Fsp3) is 0.278. The number of halogens is 1. The molecule has 0 unspecified atom stereocenters. The number of benzene rings is 2. The first-order valence-corrected chi connectivity index (χ1v) is 10.6. The molecule has 0 N–H and O–H groups in total. The predicted octanol–water partition coefficient (Wildman–Crippen LogP) is 3.25. The Labute approximate surface area is 155 Å². The first-order valence-electron chi connectivity index (χ1n) is 8.32. The number of sulfonamides is 1. The minimum absolute atomic E-state index is 0.318. The smallest absolute Gasteiger partial charge is 0.243 e. The molecule has 2 heterocycles. The zero-order chi connectivity index (χ0) is 18.3. The van der Waals surface area contributed by atoms with Gasteiger partial charge in [0.1, 0.15) is 11.3 Å². The summed E-state index contributed by atoms with van der Waals surface area (Å²) in [7, 11) is -3.49. The maximum atomic E-state index is 13.8. The van der Waals surface area contributed by atoms with E-state index in [1.807, 2.05) is 17.9 Å². The molecule has 2 aromatic carbocycles. The van der Waals surface area contributed by atoms with Gasteiger partial charge in [0.05, 0.1) is 9.60 Å². The first-order chi connectivity index (χ1) is 12.4. The van der Waals surface area contributed by atoms with Crippen molar-refractivity contribution in [1.82, 2.24) is 9.29 Å². The van der Waals surface area contributed by atoms with Crippen molar-refractivity contribution in [1.29, 1.82) is 0 Å². The van der Waals surface area contributed by atoms with Crippen LogP contribution in [0.2, 0.25) is 0 Å². The molecule has 4 rings (SSSR count). The third-order valence-electron chi connectivity index (χ3n) is 4.53. The van der Waals surface area contributed by atoms with Gasteiger partial charge in [-0.1, -0.05) is 35.1 Å². The van der Waals surface area contributed by atoms with Crippen LogP contribution in [0.3, 0.4) is 0 Å². The summed E-state index contributed by atoms with van der Waals surface area (Å²) in [5.41, 5.74) is 1.40. The lowest BCUT2D eigenvalue weighted by Crippen LogP contribution is -2.48. The largest absolute Gasteiger partial charge is 0.345 e. The van der Waals surface area contributed by atoms with Gasteiger partial charge >= 0.3 is 0 Å². The van der Waals surface area contributed by atoms with Gasteiger partial charge in [-0.3, -0.25) is 0 Å². The third kappa shape index (κ3) is 3.08. The van der Waals surface area contributed by atoms with Crippen molar-refractivity contribution in [2.24, 2.45) is 0 Å². The highest BCUT2D eigenvalue weighted by Gasteiger charge is 2.29. The fourth-order valence-corrected chi connectivity index (χ4v) is 5.47. The van der Waals surface area contributed by atoms with E-state index in [9.17, 15) is 12.8 Å². The van der Waals surface area contributed by atoms with Gasteiger partial charge in [0, 0.05) is 26.2 Å². The number of hydrogen-bond donors (Lipinski definition) is 0. The molecule has 1 aliphatic rings. The average molecular weight is 391 g/mol. The van der Waals surface area contributed by atoms with Crippen molar-refractivity contribution in [3.63, 3.8) is 0 Å². The summed E-state index contributed by atoms with van der Waals surface area (Å²) in [5.74, 6) is -0.328. The quantitative estimate of drug-likeness (QED) is 0.688. The molecule has 26 heavy (non-hydrogen) atoms. The third-order valence-corrected chi connectivity index (χ3v) is 7.52. The first kappa shape index (κ1) is 17.4. The second-order valence-electron chi connectivity index (χ2n) is 6.29. The minimum atomic E-state index is -3.49. The molecular weight excluding hydrogens is 373 g/mol. The number of para-hydroxylation sites is 1. The van der Waals surface area contributed by atoms with Gasteiger partial charge in [-0.15, -0.1) is 0 Å². The van der Waals surface area contributed by atoms with E-state index in [-0.39, 0.29) is 5.82 Å². The summed E-state index contributed by atoms with van der Waals surface area (Å²) in [4.78, 5) is 6.73. The van der Waals surface area contributed by atoms with Crippen LogP contribution in [0.4, 0.5) is 9.52 Å². The minimum Gasteiger partial charge on any atom is -0.345 e. The van der Waals surface area contributed by atoms with Crippen LogP contribution in [0.5, 0.6) is 0 Å². The molecule has 0 saturated carbocycles. The summed E-state index contributed by atoms with van der Waals surface area (Å²) in [6, 6.07) is 11.8. The number of piperazine rings is 1. The molecule has 1 saturated heterocycles. The molecule has 1 aromatic heterocycles. The lowest BCUT2D eigenvalue weighted by molar-refractivity contribution is 0.385. The Balaban J connectivity index is 1.51. The molecule has 0 atom stereocenters. The van der Waals surface area contributed by atoms with Gasteiger partial charge in [-0.05, 0) is 31.2 Å². The summed E-state index contributed by atoms with van der Waals surface area (Å²) in [6.07, 6.45) is 0. The van der Waals surface area contributed by atoms with Crippen LogP contribution in [-0.2, 0) is 10.0 Å². The fourth-order valence-electron chi connectivity index (χ4n) is 3.02. The molecule has 5 nitrogen and oxygen atoms in total. The van der Waals surface area contributed by atoms with E-state index in [1.54, 1.807) is 30.3 Å². The van der Waals surface area contributed by atoms with Crippen molar-refractivity contribution in [2.75, 3.05) is 31.1 Å². The second-order valence-corrected chi connectivity index (χ2v) is 9.23. The summed E-state index contributed by atoms with van der Waals surface area (Å²) >= 11 is 1.43. The van der Waals surface area contributed by atoms with Gasteiger partial charge in [0.2, 0.25) is 10.0 Å². The number of anilines is 1. The molecule has 0 aliphatic carbocycles. The topological polar surface area (TPSA) is 53.5 Å². The second kappa shape index (κ2) is 6.61.